The Bertz CT molecular complexity index is 936. The molecule has 1 aromatic heterocycles. The number of thiophene rings is 1. The van der Waals surface area contributed by atoms with Crippen molar-refractivity contribution in [2.75, 3.05) is 31.2 Å². The van der Waals surface area contributed by atoms with Crippen molar-refractivity contribution >= 4 is 34.3 Å². The van der Waals surface area contributed by atoms with Crippen molar-refractivity contribution in [3.05, 3.63) is 52.5 Å². The number of carbonyl (C=O) groups excluding carboxylic acids is 1. The summed E-state index contributed by atoms with van der Waals surface area (Å²) in [6.07, 6.45) is 1.66. The van der Waals surface area contributed by atoms with E-state index in [0.717, 1.165) is 23.0 Å². The molecule has 2 aromatic rings. The van der Waals surface area contributed by atoms with Gasteiger partial charge in [-0.1, -0.05) is 6.07 Å². The number of cyclic esters (lactones) is 1. The molecule has 1 aromatic carbocycles. The molecule has 0 bridgehead atoms. The van der Waals surface area contributed by atoms with Crippen molar-refractivity contribution in [3.8, 4) is 5.75 Å². The Labute approximate surface area is 163 Å². The molecule has 9 heteroatoms. The van der Waals surface area contributed by atoms with Gasteiger partial charge >= 0.3 is 12.6 Å². The third kappa shape index (κ3) is 4.20. The van der Waals surface area contributed by atoms with Gasteiger partial charge in [-0.05, 0) is 36.4 Å². The van der Waals surface area contributed by atoms with Gasteiger partial charge in [-0.15, -0.1) is 11.3 Å². The van der Waals surface area contributed by atoms with Crippen LogP contribution in [-0.2, 0) is 14.3 Å². The molecule has 1 saturated heterocycles. The SMILES string of the molecule is O=C1OC(c2cccc(OC(F)F)c2)=NC1=Cc1ccc(N2CCOCC2)s1. The first-order valence-corrected chi connectivity index (χ1v) is 9.40. The van der Waals surface area contributed by atoms with Crippen LogP contribution in [0.5, 0.6) is 5.75 Å². The van der Waals surface area contributed by atoms with E-state index in [0.29, 0.717) is 18.8 Å². The summed E-state index contributed by atoms with van der Waals surface area (Å²) in [5.74, 6) is -0.561. The number of nitrogens with zero attached hydrogens (tertiary/aromatic N) is 2. The van der Waals surface area contributed by atoms with Gasteiger partial charge in [-0.2, -0.15) is 8.78 Å². The number of carbonyl (C=O) groups is 1. The molecule has 0 radical (unpaired) electrons. The fraction of sp³-hybridized carbons (Fsp3) is 0.263. The first-order valence-electron chi connectivity index (χ1n) is 8.59. The number of benzene rings is 1. The number of halogens is 2. The Kier molecular flexibility index (Phi) is 5.36. The number of hydrogen-bond donors (Lipinski definition) is 0. The number of aliphatic imine (C=N–C) groups is 1. The Morgan fingerprint density at radius 2 is 2.04 bits per heavy atom. The van der Waals surface area contributed by atoms with Gasteiger partial charge in [-0.25, -0.2) is 9.79 Å². The summed E-state index contributed by atoms with van der Waals surface area (Å²) in [5, 5.41) is 1.10. The second kappa shape index (κ2) is 8.07. The van der Waals surface area contributed by atoms with Crippen LogP contribution in [0.3, 0.4) is 0 Å². The summed E-state index contributed by atoms with van der Waals surface area (Å²) < 4.78 is 39.7. The zero-order valence-electron chi connectivity index (χ0n) is 14.6. The van der Waals surface area contributed by atoms with Gasteiger partial charge < -0.3 is 19.1 Å². The number of hydrogen-bond acceptors (Lipinski definition) is 7. The van der Waals surface area contributed by atoms with E-state index < -0.39 is 12.6 Å². The van der Waals surface area contributed by atoms with Gasteiger partial charge in [0.2, 0.25) is 5.90 Å². The maximum absolute atomic E-state index is 12.4. The van der Waals surface area contributed by atoms with Gasteiger partial charge in [0, 0.05) is 23.5 Å². The van der Waals surface area contributed by atoms with Crippen molar-refractivity contribution in [2.24, 2.45) is 4.99 Å². The summed E-state index contributed by atoms with van der Waals surface area (Å²) in [7, 11) is 0. The molecule has 4 rings (SSSR count). The lowest BCUT2D eigenvalue weighted by atomic mass is 10.2. The van der Waals surface area contributed by atoms with E-state index in [9.17, 15) is 13.6 Å². The van der Waals surface area contributed by atoms with E-state index in [2.05, 4.69) is 14.6 Å². The minimum Gasteiger partial charge on any atom is -0.435 e. The molecular formula is C19H16F2N2O4S. The zero-order chi connectivity index (χ0) is 19.5. The Balaban J connectivity index is 1.53. The molecule has 0 aliphatic carbocycles. The lowest BCUT2D eigenvalue weighted by Crippen LogP contribution is -2.35. The lowest BCUT2D eigenvalue weighted by molar-refractivity contribution is -0.129. The first kappa shape index (κ1) is 18.6. The molecule has 146 valence electrons. The van der Waals surface area contributed by atoms with Crippen molar-refractivity contribution in [2.45, 2.75) is 6.61 Å². The second-order valence-corrected chi connectivity index (χ2v) is 7.11. The van der Waals surface area contributed by atoms with Crippen LogP contribution >= 0.6 is 11.3 Å². The number of ether oxygens (including phenoxy) is 3. The van der Waals surface area contributed by atoms with Crippen molar-refractivity contribution in [1.29, 1.82) is 0 Å². The fourth-order valence-corrected chi connectivity index (χ4v) is 3.84. The number of anilines is 1. The smallest absolute Gasteiger partial charge is 0.387 e. The molecule has 0 unspecified atom stereocenters. The van der Waals surface area contributed by atoms with E-state index in [1.54, 1.807) is 23.5 Å². The van der Waals surface area contributed by atoms with Crippen LogP contribution in [0.2, 0.25) is 0 Å². The minimum absolute atomic E-state index is 0.0305. The van der Waals surface area contributed by atoms with Crippen LogP contribution in [0.15, 0.2) is 47.1 Å². The van der Waals surface area contributed by atoms with Gasteiger partial charge in [-0.3, -0.25) is 0 Å². The summed E-state index contributed by atoms with van der Waals surface area (Å²) in [5.41, 5.74) is 0.542. The zero-order valence-corrected chi connectivity index (χ0v) is 15.5. The predicted octanol–water partition coefficient (Wildman–Crippen LogP) is 3.53. The van der Waals surface area contributed by atoms with Crippen LogP contribution in [0.25, 0.3) is 6.08 Å². The molecule has 0 saturated carbocycles. The topological polar surface area (TPSA) is 60.4 Å². The summed E-state index contributed by atoms with van der Waals surface area (Å²) in [6.45, 7) is 0.124. The summed E-state index contributed by atoms with van der Waals surface area (Å²) >= 11 is 1.55. The van der Waals surface area contributed by atoms with Crippen LogP contribution in [0, 0.1) is 0 Å². The average Bonchev–Trinajstić information content (AvgIpc) is 3.30. The second-order valence-electron chi connectivity index (χ2n) is 6.02. The molecule has 28 heavy (non-hydrogen) atoms. The molecule has 6 nitrogen and oxygen atoms in total. The molecule has 0 N–H and O–H groups in total. The fourth-order valence-electron chi connectivity index (χ4n) is 2.85. The highest BCUT2D eigenvalue weighted by Gasteiger charge is 2.25. The standard InChI is InChI=1S/C19H16F2N2O4S/c20-19(21)26-13-3-1-2-12(10-13)17-22-15(18(24)27-17)11-14-4-5-16(28-14)23-6-8-25-9-7-23/h1-5,10-11,19H,6-9H2. The van der Waals surface area contributed by atoms with E-state index in [1.165, 1.54) is 18.2 Å². The average molecular weight is 406 g/mol. The van der Waals surface area contributed by atoms with E-state index in [-0.39, 0.29) is 17.3 Å². The van der Waals surface area contributed by atoms with Crippen LogP contribution < -0.4 is 9.64 Å². The molecule has 2 aliphatic heterocycles. The largest absolute Gasteiger partial charge is 0.435 e. The number of alkyl halides is 2. The molecule has 0 atom stereocenters. The van der Waals surface area contributed by atoms with Crippen LogP contribution in [0.4, 0.5) is 13.8 Å². The van der Waals surface area contributed by atoms with Crippen molar-refractivity contribution in [1.82, 2.24) is 0 Å². The van der Waals surface area contributed by atoms with E-state index >= 15 is 0 Å². The molecule has 3 heterocycles. The highest BCUT2D eigenvalue weighted by Crippen LogP contribution is 2.30. The normalized spacial score (nSPS) is 18.5. The van der Waals surface area contributed by atoms with Gasteiger partial charge in [0.25, 0.3) is 0 Å². The Morgan fingerprint density at radius 1 is 1.21 bits per heavy atom. The van der Waals surface area contributed by atoms with Gasteiger partial charge in [0.05, 0.1) is 18.2 Å². The van der Waals surface area contributed by atoms with E-state index in [4.69, 9.17) is 9.47 Å². The highest BCUT2D eigenvalue weighted by atomic mass is 32.1. The minimum atomic E-state index is -2.93. The van der Waals surface area contributed by atoms with Crippen molar-refractivity contribution < 1.29 is 27.8 Å². The molecule has 1 fully saturated rings. The Morgan fingerprint density at radius 3 is 2.82 bits per heavy atom. The lowest BCUT2D eigenvalue weighted by Gasteiger charge is -2.27. The maximum atomic E-state index is 12.4. The molecule has 2 aliphatic rings. The molecular weight excluding hydrogens is 390 g/mol. The monoisotopic (exact) mass is 406 g/mol. The summed E-state index contributed by atoms with van der Waals surface area (Å²) in [4.78, 5) is 19.5. The maximum Gasteiger partial charge on any atom is 0.387 e. The third-order valence-corrected chi connectivity index (χ3v) is 5.23. The van der Waals surface area contributed by atoms with E-state index in [1.807, 2.05) is 12.1 Å². The van der Waals surface area contributed by atoms with Crippen LogP contribution in [-0.4, -0.2) is 44.8 Å². The third-order valence-electron chi connectivity index (χ3n) is 4.14. The number of morpholine rings is 1. The Hall–Kier alpha value is -2.78. The summed E-state index contributed by atoms with van der Waals surface area (Å²) in [6, 6.07) is 9.79. The molecule has 0 spiro atoms. The van der Waals surface area contributed by atoms with Crippen molar-refractivity contribution in [3.63, 3.8) is 0 Å². The highest BCUT2D eigenvalue weighted by molar-refractivity contribution is 7.16. The van der Waals surface area contributed by atoms with Gasteiger partial charge in [0.15, 0.2) is 5.70 Å². The number of rotatable bonds is 5. The number of esters is 1. The quantitative estimate of drug-likeness (QED) is 0.562. The molecule has 0 amide bonds. The van der Waals surface area contributed by atoms with Crippen LogP contribution in [0.1, 0.15) is 10.4 Å². The predicted molar refractivity (Wildman–Crippen MR) is 101 cm³/mol. The first-order chi connectivity index (χ1) is 13.6. The van der Waals surface area contributed by atoms with Gasteiger partial charge in [0.1, 0.15) is 5.75 Å².